The summed E-state index contributed by atoms with van der Waals surface area (Å²) in [4.78, 5) is 6.73. The van der Waals surface area contributed by atoms with Gasteiger partial charge >= 0.3 is 0 Å². The van der Waals surface area contributed by atoms with E-state index in [1.807, 2.05) is 6.07 Å². The van der Waals surface area contributed by atoms with Crippen LogP contribution in [-0.2, 0) is 13.0 Å². The van der Waals surface area contributed by atoms with Crippen LogP contribution >= 0.6 is 0 Å². The summed E-state index contributed by atoms with van der Waals surface area (Å²) in [5.41, 5.74) is 3.02. The Morgan fingerprint density at radius 1 is 1.16 bits per heavy atom. The highest BCUT2D eigenvalue weighted by molar-refractivity contribution is 5.68. The van der Waals surface area contributed by atoms with Gasteiger partial charge in [0, 0.05) is 23.8 Å². The molecule has 1 atom stereocenters. The molecule has 6 heteroatoms. The molecular formula is C19H18FN5. The van der Waals surface area contributed by atoms with E-state index in [0.29, 0.717) is 24.1 Å². The van der Waals surface area contributed by atoms with Crippen LogP contribution in [0.3, 0.4) is 0 Å². The molecule has 5 nitrogen and oxygen atoms in total. The predicted octanol–water partition coefficient (Wildman–Crippen LogP) is 3.71. The molecule has 4 rings (SSSR count). The van der Waals surface area contributed by atoms with Crippen molar-refractivity contribution in [3.05, 3.63) is 71.7 Å². The molecule has 0 spiro atoms. The van der Waals surface area contributed by atoms with Gasteiger partial charge in [-0.05, 0) is 31.0 Å². The molecule has 1 unspecified atom stereocenters. The third-order valence-electron chi connectivity index (χ3n) is 4.39. The number of nitrogens with one attached hydrogen (secondary N) is 1. The Morgan fingerprint density at radius 3 is 2.84 bits per heavy atom. The Balaban J connectivity index is 1.57. The zero-order valence-electron chi connectivity index (χ0n) is 13.9. The maximum atomic E-state index is 13.7. The summed E-state index contributed by atoms with van der Waals surface area (Å²) in [5.74, 6) is 0.877. The summed E-state index contributed by atoms with van der Waals surface area (Å²) < 4.78 is 13.7. The summed E-state index contributed by atoms with van der Waals surface area (Å²) in [5, 5.41) is 11.1. The van der Waals surface area contributed by atoms with Crippen LogP contribution in [-0.4, -0.2) is 21.2 Å². The topological polar surface area (TPSA) is 53.9 Å². The summed E-state index contributed by atoms with van der Waals surface area (Å²) >= 11 is 0. The first-order valence-electron chi connectivity index (χ1n) is 8.26. The van der Waals surface area contributed by atoms with Gasteiger partial charge in [-0.3, -0.25) is 0 Å². The number of rotatable bonds is 4. The van der Waals surface area contributed by atoms with Crippen molar-refractivity contribution in [3.8, 4) is 0 Å². The smallest absolute Gasteiger partial charge is 0.244 e. The van der Waals surface area contributed by atoms with Crippen molar-refractivity contribution in [3.63, 3.8) is 0 Å². The van der Waals surface area contributed by atoms with Crippen LogP contribution in [0.4, 0.5) is 21.8 Å². The SMILES string of the molecule is CC1Cc2ccccc2N1c1cnnc(NCc2ccccc2F)n1. The van der Waals surface area contributed by atoms with Crippen molar-refractivity contribution in [2.75, 3.05) is 10.2 Å². The van der Waals surface area contributed by atoms with E-state index in [0.717, 1.165) is 17.9 Å². The largest absolute Gasteiger partial charge is 0.349 e. The molecule has 1 aliphatic rings. The number of para-hydroxylation sites is 1. The quantitative estimate of drug-likeness (QED) is 0.788. The summed E-state index contributed by atoms with van der Waals surface area (Å²) in [6.45, 7) is 2.47. The monoisotopic (exact) mass is 335 g/mol. The summed E-state index contributed by atoms with van der Waals surface area (Å²) in [7, 11) is 0. The number of fused-ring (bicyclic) bond motifs is 1. The number of benzene rings is 2. The van der Waals surface area contributed by atoms with Crippen molar-refractivity contribution in [1.29, 1.82) is 0 Å². The fourth-order valence-corrected chi connectivity index (χ4v) is 3.22. The third-order valence-corrected chi connectivity index (χ3v) is 4.39. The minimum absolute atomic E-state index is 0.249. The Labute approximate surface area is 145 Å². The Kier molecular flexibility index (Phi) is 4.01. The second-order valence-corrected chi connectivity index (χ2v) is 6.14. The number of halogens is 1. The lowest BCUT2D eigenvalue weighted by Gasteiger charge is -2.23. The van der Waals surface area contributed by atoms with Crippen molar-refractivity contribution >= 4 is 17.5 Å². The van der Waals surface area contributed by atoms with Crippen LogP contribution in [0.1, 0.15) is 18.1 Å². The minimum atomic E-state index is -0.249. The Morgan fingerprint density at radius 2 is 1.96 bits per heavy atom. The number of anilines is 3. The fraction of sp³-hybridized carbons (Fsp3) is 0.211. The molecule has 0 saturated carbocycles. The van der Waals surface area contributed by atoms with Gasteiger partial charge in [-0.25, -0.2) is 4.39 Å². The van der Waals surface area contributed by atoms with E-state index in [2.05, 4.69) is 50.5 Å². The summed E-state index contributed by atoms with van der Waals surface area (Å²) in [6, 6.07) is 15.2. The number of hydrogen-bond donors (Lipinski definition) is 1. The zero-order chi connectivity index (χ0) is 17.2. The Bertz CT molecular complexity index is 898. The summed E-state index contributed by atoms with van der Waals surface area (Å²) in [6.07, 6.45) is 2.63. The molecule has 126 valence electrons. The van der Waals surface area contributed by atoms with Gasteiger partial charge in [0.2, 0.25) is 5.95 Å². The Hall–Kier alpha value is -3.02. The molecule has 1 aliphatic heterocycles. The molecule has 3 aromatic rings. The van der Waals surface area contributed by atoms with Crippen LogP contribution in [0.15, 0.2) is 54.7 Å². The van der Waals surface area contributed by atoms with Crippen molar-refractivity contribution < 1.29 is 4.39 Å². The number of aromatic nitrogens is 3. The predicted molar refractivity (Wildman–Crippen MR) is 95.3 cm³/mol. The number of nitrogens with zero attached hydrogens (tertiary/aromatic N) is 4. The van der Waals surface area contributed by atoms with Crippen LogP contribution < -0.4 is 10.2 Å². The highest BCUT2D eigenvalue weighted by atomic mass is 19.1. The van der Waals surface area contributed by atoms with Crippen LogP contribution in [0.5, 0.6) is 0 Å². The second kappa shape index (κ2) is 6.47. The van der Waals surface area contributed by atoms with Gasteiger partial charge in [0.05, 0.1) is 6.20 Å². The molecule has 2 heterocycles. The first kappa shape index (κ1) is 15.5. The molecule has 1 aromatic heterocycles. The molecule has 0 amide bonds. The average Bonchev–Trinajstić information content (AvgIpc) is 2.97. The molecule has 0 aliphatic carbocycles. The lowest BCUT2D eigenvalue weighted by Crippen LogP contribution is -2.25. The molecule has 0 radical (unpaired) electrons. The minimum Gasteiger partial charge on any atom is -0.349 e. The van der Waals surface area contributed by atoms with Crippen LogP contribution in [0, 0.1) is 5.82 Å². The van der Waals surface area contributed by atoms with Crippen molar-refractivity contribution in [1.82, 2.24) is 15.2 Å². The highest BCUT2D eigenvalue weighted by Gasteiger charge is 2.28. The normalized spacial score (nSPS) is 15.9. The van der Waals surface area contributed by atoms with Gasteiger partial charge in [0.15, 0.2) is 5.82 Å². The maximum Gasteiger partial charge on any atom is 0.244 e. The molecule has 2 aromatic carbocycles. The molecule has 1 N–H and O–H groups in total. The van der Waals surface area contributed by atoms with E-state index in [4.69, 9.17) is 0 Å². The molecule has 0 saturated heterocycles. The zero-order valence-corrected chi connectivity index (χ0v) is 13.9. The van der Waals surface area contributed by atoms with Gasteiger partial charge in [0.1, 0.15) is 5.82 Å². The standard InChI is InChI=1S/C19H18FN5/c1-13-10-14-6-3-5-9-17(14)25(13)18-12-22-24-19(23-18)21-11-15-7-2-4-8-16(15)20/h2-9,12-13H,10-11H2,1H3,(H,21,23,24). The first-order valence-corrected chi connectivity index (χ1v) is 8.26. The first-order chi connectivity index (χ1) is 12.2. The lowest BCUT2D eigenvalue weighted by molar-refractivity contribution is 0.612. The van der Waals surface area contributed by atoms with Crippen molar-refractivity contribution in [2.45, 2.75) is 25.9 Å². The molecular weight excluding hydrogens is 317 g/mol. The van der Waals surface area contributed by atoms with E-state index in [1.54, 1.807) is 24.4 Å². The van der Waals surface area contributed by atoms with Crippen molar-refractivity contribution in [2.24, 2.45) is 0 Å². The molecule has 0 fully saturated rings. The van der Waals surface area contributed by atoms with Crippen LogP contribution in [0.2, 0.25) is 0 Å². The van der Waals surface area contributed by atoms with E-state index in [9.17, 15) is 4.39 Å². The third kappa shape index (κ3) is 3.03. The van der Waals surface area contributed by atoms with Crippen LogP contribution in [0.25, 0.3) is 0 Å². The van der Waals surface area contributed by atoms with Gasteiger partial charge in [-0.2, -0.15) is 10.1 Å². The van der Waals surface area contributed by atoms with E-state index < -0.39 is 0 Å². The van der Waals surface area contributed by atoms with Gasteiger partial charge in [-0.1, -0.05) is 36.4 Å². The van der Waals surface area contributed by atoms with E-state index in [1.165, 1.54) is 11.6 Å². The fourth-order valence-electron chi connectivity index (χ4n) is 3.22. The maximum absolute atomic E-state index is 13.7. The molecule has 0 bridgehead atoms. The lowest BCUT2D eigenvalue weighted by atomic mass is 10.1. The average molecular weight is 335 g/mol. The van der Waals surface area contributed by atoms with Gasteiger partial charge in [0.25, 0.3) is 0 Å². The second-order valence-electron chi connectivity index (χ2n) is 6.14. The van der Waals surface area contributed by atoms with Gasteiger partial charge in [-0.15, -0.1) is 5.10 Å². The van der Waals surface area contributed by atoms with E-state index >= 15 is 0 Å². The van der Waals surface area contributed by atoms with E-state index in [-0.39, 0.29) is 5.82 Å². The molecule has 25 heavy (non-hydrogen) atoms. The van der Waals surface area contributed by atoms with Gasteiger partial charge < -0.3 is 10.2 Å². The highest BCUT2D eigenvalue weighted by Crippen LogP contribution is 2.36. The number of hydrogen-bond acceptors (Lipinski definition) is 5.